The van der Waals surface area contributed by atoms with Crippen LogP contribution in [0.25, 0.3) is 0 Å². The van der Waals surface area contributed by atoms with Gasteiger partial charge in [-0.2, -0.15) is 0 Å². The van der Waals surface area contributed by atoms with Crippen LogP contribution in [0.5, 0.6) is 0 Å². The summed E-state index contributed by atoms with van der Waals surface area (Å²) in [7, 11) is 0. The molecule has 0 saturated heterocycles. The quantitative estimate of drug-likeness (QED) is 0.776. The topological polar surface area (TPSA) is 43.8 Å². The van der Waals surface area contributed by atoms with Crippen LogP contribution in [0.4, 0.5) is 0 Å². The Balaban J connectivity index is 2.33. The van der Waals surface area contributed by atoms with Gasteiger partial charge < -0.3 is 10.3 Å². The first-order chi connectivity index (χ1) is 6.72. The molecule has 0 aliphatic carbocycles. The number of hydrogen-bond donors (Lipinski definition) is 1. The number of imidazole rings is 1. The average Bonchev–Trinajstić information content (AvgIpc) is 2.59. The Morgan fingerprint density at radius 2 is 2.50 bits per heavy atom. The summed E-state index contributed by atoms with van der Waals surface area (Å²) in [4.78, 5) is 4.61. The molecule has 1 aliphatic heterocycles. The lowest BCUT2D eigenvalue weighted by molar-refractivity contribution is 0.350. The first-order valence-corrected chi connectivity index (χ1v) is 5.54. The number of nitrogens with zero attached hydrogens (tertiary/aromatic N) is 2. The van der Waals surface area contributed by atoms with E-state index in [1.807, 2.05) is 0 Å². The van der Waals surface area contributed by atoms with Gasteiger partial charge in [-0.25, -0.2) is 4.98 Å². The Kier molecular flexibility index (Phi) is 2.59. The lowest BCUT2D eigenvalue weighted by Gasteiger charge is -2.27. The summed E-state index contributed by atoms with van der Waals surface area (Å²) in [6.07, 6.45) is 6.74. The Morgan fingerprint density at radius 3 is 3.14 bits per heavy atom. The molecule has 1 aromatic rings. The van der Waals surface area contributed by atoms with Crippen LogP contribution < -0.4 is 5.73 Å². The van der Waals surface area contributed by atoms with Gasteiger partial charge in [0.05, 0.1) is 5.69 Å². The van der Waals surface area contributed by atoms with Gasteiger partial charge in [0.1, 0.15) is 5.82 Å². The number of fused-ring (bicyclic) bond motifs is 1. The van der Waals surface area contributed by atoms with Crippen LogP contribution in [-0.4, -0.2) is 15.6 Å². The molecule has 0 spiro atoms. The molecule has 3 nitrogen and oxygen atoms in total. The molecule has 1 aliphatic rings. The van der Waals surface area contributed by atoms with Crippen molar-refractivity contribution in [3.63, 3.8) is 0 Å². The Morgan fingerprint density at radius 1 is 1.71 bits per heavy atom. The lowest BCUT2D eigenvalue weighted by Crippen LogP contribution is -2.32. The van der Waals surface area contributed by atoms with Crippen molar-refractivity contribution in [1.82, 2.24) is 9.55 Å². The highest BCUT2D eigenvalue weighted by molar-refractivity contribution is 5.09. The minimum atomic E-state index is 0.230. The van der Waals surface area contributed by atoms with Gasteiger partial charge in [0, 0.05) is 24.7 Å². The predicted molar refractivity (Wildman–Crippen MR) is 57.2 cm³/mol. The fraction of sp³-hybridized carbons (Fsp3) is 0.727. The third kappa shape index (κ3) is 1.57. The van der Waals surface area contributed by atoms with Crippen molar-refractivity contribution in [2.24, 2.45) is 5.73 Å². The van der Waals surface area contributed by atoms with Gasteiger partial charge in [-0.05, 0) is 26.2 Å². The second-order valence-corrected chi connectivity index (χ2v) is 4.23. The fourth-order valence-electron chi connectivity index (χ4n) is 2.25. The largest absolute Gasteiger partial charge is 0.330 e. The highest BCUT2D eigenvalue weighted by Crippen LogP contribution is 2.26. The van der Waals surface area contributed by atoms with Crippen molar-refractivity contribution < 1.29 is 0 Å². The lowest BCUT2D eigenvalue weighted by atomic mass is 9.99. The van der Waals surface area contributed by atoms with E-state index >= 15 is 0 Å². The molecule has 0 saturated carbocycles. The Labute approximate surface area is 85.3 Å². The van der Waals surface area contributed by atoms with Gasteiger partial charge in [0.25, 0.3) is 0 Å². The van der Waals surface area contributed by atoms with Crippen molar-refractivity contribution in [3.05, 3.63) is 17.7 Å². The summed E-state index contributed by atoms with van der Waals surface area (Å²) < 4.78 is 2.30. The molecule has 0 fully saturated rings. The molecule has 3 heteroatoms. The smallest absolute Gasteiger partial charge is 0.109 e. The third-order valence-electron chi connectivity index (χ3n) is 3.09. The van der Waals surface area contributed by atoms with Crippen LogP contribution in [0.3, 0.4) is 0 Å². The number of hydrogen-bond acceptors (Lipinski definition) is 2. The molecular weight excluding hydrogens is 174 g/mol. The van der Waals surface area contributed by atoms with Crippen LogP contribution in [-0.2, 0) is 12.8 Å². The second kappa shape index (κ2) is 3.73. The summed E-state index contributed by atoms with van der Waals surface area (Å²) in [5.74, 6) is 1.23. The van der Waals surface area contributed by atoms with E-state index in [2.05, 4.69) is 29.6 Å². The average molecular weight is 193 g/mol. The maximum absolute atomic E-state index is 5.98. The van der Waals surface area contributed by atoms with E-state index in [0.717, 1.165) is 12.8 Å². The molecular formula is C11H19N3. The SMILES string of the molecule is CCc1cn2c(n1)CCCC2C(C)N. The molecule has 2 heterocycles. The van der Waals surface area contributed by atoms with Crippen LogP contribution in [0, 0.1) is 0 Å². The standard InChI is InChI=1S/C11H19N3/c1-3-9-7-14-10(8(2)12)5-4-6-11(14)13-9/h7-8,10H,3-6,12H2,1-2H3. The molecule has 1 aromatic heterocycles. The molecule has 0 aromatic carbocycles. The van der Waals surface area contributed by atoms with E-state index in [4.69, 9.17) is 5.73 Å². The summed E-state index contributed by atoms with van der Waals surface area (Å²) >= 11 is 0. The van der Waals surface area contributed by atoms with Gasteiger partial charge in [0.15, 0.2) is 0 Å². The maximum Gasteiger partial charge on any atom is 0.109 e. The van der Waals surface area contributed by atoms with Crippen molar-refractivity contribution in [2.75, 3.05) is 0 Å². The predicted octanol–water partition coefficient (Wildman–Crippen LogP) is 1.67. The van der Waals surface area contributed by atoms with Crippen LogP contribution in [0.2, 0.25) is 0 Å². The van der Waals surface area contributed by atoms with Crippen LogP contribution >= 0.6 is 0 Å². The molecule has 0 bridgehead atoms. The normalized spacial score (nSPS) is 23.2. The number of aryl methyl sites for hydroxylation is 2. The number of aromatic nitrogens is 2. The van der Waals surface area contributed by atoms with E-state index in [1.54, 1.807) is 0 Å². The van der Waals surface area contributed by atoms with Crippen molar-refractivity contribution in [3.8, 4) is 0 Å². The van der Waals surface area contributed by atoms with E-state index in [-0.39, 0.29) is 6.04 Å². The molecule has 2 N–H and O–H groups in total. The summed E-state index contributed by atoms with van der Waals surface area (Å²) in [6, 6.07) is 0.694. The van der Waals surface area contributed by atoms with Gasteiger partial charge in [0.2, 0.25) is 0 Å². The molecule has 14 heavy (non-hydrogen) atoms. The monoisotopic (exact) mass is 193 g/mol. The molecule has 2 atom stereocenters. The zero-order valence-electron chi connectivity index (χ0n) is 9.03. The first-order valence-electron chi connectivity index (χ1n) is 5.54. The summed E-state index contributed by atoms with van der Waals surface area (Å²) in [5.41, 5.74) is 7.19. The maximum atomic E-state index is 5.98. The molecule has 78 valence electrons. The van der Waals surface area contributed by atoms with E-state index in [9.17, 15) is 0 Å². The van der Waals surface area contributed by atoms with E-state index < -0.39 is 0 Å². The van der Waals surface area contributed by atoms with Crippen LogP contribution in [0.1, 0.15) is 44.2 Å². The van der Waals surface area contributed by atoms with Gasteiger partial charge in [-0.3, -0.25) is 0 Å². The Bertz CT molecular complexity index is 314. The van der Waals surface area contributed by atoms with Gasteiger partial charge in [-0.15, -0.1) is 0 Å². The third-order valence-corrected chi connectivity index (χ3v) is 3.09. The number of rotatable bonds is 2. The van der Waals surface area contributed by atoms with E-state index in [1.165, 1.54) is 24.4 Å². The fourth-order valence-corrected chi connectivity index (χ4v) is 2.25. The first kappa shape index (κ1) is 9.71. The van der Waals surface area contributed by atoms with Gasteiger partial charge >= 0.3 is 0 Å². The van der Waals surface area contributed by atoms with Crippen molar-refractivity contribution in [1.29, 1.82) is 0 Å². The zero-order valence-corrected chi connectivity index (χ0v) is 9.03. The molecule has 2 rings (SSSR count). The second-order valence-electron chi connectivity index (χ2n) is 4.23. The van der Waals surface area contributed by atoms with E-state index in [0.29, 0.717) is 6.04 Å². The minimum Gasteiger partial charge on any atom is -0.330 e. The van der Waals surface area contributed by atoms with Crippen molar-refractivity contribution >= 4 is 0 Å². The minimum absolute atomic E-state index is 0.230. The molecule has 0 radical (unpaired) electrons. The number of nitrogens with two attached hydrogens (primary N) is 1. The van der Waals surface area contributed by atoms with Crippen molar-refractivity contribution in [2.45, 2.75) is 51.6 Å². The molecule has 0 amide bonds. The summed E-state index contributed by atoms with van der Waals surface area (Å²) in [5, 5.41) is 0. The zero-order chi connectivity index (χ0) is 10.1. The van der Waals surface area contributed by atoms with Gasteiger partial charge in [-0.1, -0.05) is 6.92 Å². The highest BCUT2D eigenvalue weighted by atomic mass is 15.1. The van der Waals surface area contributed by atoms with Crippen LogP contribution in [0.15, 0.2) is 6.20 Å². The summed E-state index contributed by atoms with van der Waals surface area (Å²) in [6.45, 7) is 4.24. The Hall–Kier alpha value is -0.830. The molecule has 2 unspecified atom stereocenters. The highest BCUT2D eigenvalue weighted by Gasteiger charge is 2.23.